The molecule has 0 atom stereocenters. The van der Waals surface area contributed by atoms with Crippen LogP contribution in [0.4, 0.5) is 5.82 Å². The van der Waals surface area contributed by atoms with E-state index in [9.17, 15) is 9.59 Å². The molecule has 0 spiro atoms. The second-order valence-corrected chi connectivity index (χ2v) is 3.98. The molecule has 0 aromatic carbocycles. The maximum atomic E-state index is 11.4. The summed E-state index contributed by atoms with van der Waals surface area (Å²) in [5, 5.41) is 12.0. The number of carboxylic acids is 1. The van der Waals surface area contributed by atoms with Crippen molar-refractivity contribution in [1.29, 1.82) is 0 Å². The molecule has 1 saturated carbocycles. The molecule has 1 aliphatic carbocycles. The molecule has 92 valence electrons. The molecular weight excluding hydrogens is 226 g/mol. The van der Waals surface area contributed by atoms with Crippen molar-refractivity contribution < 1.29 is 14.6 Å². The van der Waals surface area contributed by atoms with E-state index in [0.717, 1.165) is 6.42 Å². The van der Waals surface area contributed by atoms with Gasteiger partial charge in [-0.25, -0.2) is 9.78 Å². The fourth-order valence-corrected chi connectivity index (χ4v) is 1.81. The molecule has 7 heteroatoms. The molecule has 0 aliphatic heterocycles. The van der Waals surface area contributed by atoms with E-state index in [0.29, 0.717) is 12.8 Å². The maximum absolute atomic E-state index is 11.4. The summed E-state index contributed by atoms with van der Waals surface area (Å²) in [6.07, 6.45) is 3.08. The first-order chi connectivity index (χ1) is 8.09. The zero-order valence-electron chi connectivity index (χ0n) is 9.32. The summed E-state index contributed by atoms with van der Waals surface area (Å²) in [6.45, 7) is 0. The lowest BCUT2D eigenvalue weighted by Gasteiger charge is -2.38. The Bertz CT molecular complexity index is 493. The zero-order chi connectivity index (χ0) is 12.5. The quantitative estimate of drug-likeness (QED) is 0.693. The molecule has 0 radical (unpaired) electrons. The number of hydrogen-bond donors (Lipinski definition) is 3. The van der Waals surface area contributed by atoms with E-state index in [1.54, 1.807) is 0 Å². The fourth-order valence-electron chi connectivity index (χ4n) is 1.81. The van der Waals surface area contributed by atoms with E-state index in [4.69, 9.17) is 9.84 Å². The van der Waals surface area contributed by atoms with Gasteiger partial charge in [-0.15, -0.1) is 0 Å². The van der Waals surface area contributed by atoms with Crippen LogP contribution in [0, 0.1) is 0 Å². The lowest BCUT2D eigenvalue weighted by atomic mass is 9.77. The number of aromatic amines is 1. The Morgan fingerprint density at radius 1 is 1.65 bits per heavy atom. The predicted octanol–water partition coefficient (Wildman–Crippen LogP) is 0.198. The van der Waals surface area contributed by atoms with Crippen molar-refractivity contribution in [3.05, 3.63) is 16.7 Å². The van der Waals surface area contributed by atoms with Crippen molar-refractivity contribution in [2.75, 3.05) is 12.4 Å². The number of hydrogen-bond acceptors (Lipinski definition) is 5. The molecular formula is C10H13N3O4. The van der Waals surface area contributed by atoms with Crippen LogP contribution < -0.4 is 15.6 Å². The van der Waals surface area contributed by atoms with E-state index in [-0.39, 0.29) is 11.6 Å². The summed E-state index contributed by atoms with van der Waals surface area (Å²) in [6, 6.07) is 0. The van der Waals surface area contributed by atoms with Crippen LogP contribution in [0.5, 0.6) is 5.75 Å². The third-order valence-corrected chi connectivity index (χ3v) is 2.99. The van der Waals surface area contributed by atoms with Gasteiger partial charge in [-0.2, -0.15) is 0 Å². The minimum absolute atomic E-state index is 0.0000231. The Balaban J connectivity index is 2.33. The van der Waals surface area contributed by atoms with Crippen LogP contribution >= 0.6 is 0 Å². The minimum Gasteiger partial charge on any atom is -0.489 e. The first-order valence-corrected chi connectivity index (χ1v) is 5.22. The van der Waals surface area contributed by atoms with Crippen molar-refractivity contribution in [2.45, 2.75) is 24.8 Å². The number of anilines is 1. The number of H-pyrrole nitrogens is 1. The number of nitrogens with zero attached hydrogens (tertiary/aromatic N) is 1. The highest BCUT2D eigenvalue weighted by Gasteiger charge is 2.45. The van der Waals surface area contributed by atoms with Crippen LogP contribution in [0.2, 0.25) is 0 Å². The highest BCUT2D eigenvalue weighted by Crippen LogP contribution is 2.36. The highest BCUT2D eigenvalue weighted by molar-refractivity contribution is 5.84. The van der Waals surface area contributed by atoms with Crippen molar-refractivity contribution in [3.63, 3.8) is 0 Å². The van der Waals surface area contributed by atoms with Gasteiger partial charge < -0.3 is 20.1 Å². The van der Waals surface area contributed by atoms with Crippen LogP contribution in [-0.2, 0) is 4.79 Å². The first kappa shape index (κ1) is 11.4. The van der Waals surface area contributed by atoms with E-state index in [1.165, 1.54) is 13.4 Å². The molecule has 17 heavy (non-hydrogen) atoms. The third kappa shape index (κ3) is 1.83. The average molecular weight is 239 g/mol. The number of carboxylic acid groups (broad SMARTS) is 1. The van der Waals surface area contributed by atoms with E-state index >= 15 is 0 Å². The number of ether oxygens (including phenoxy) is 1. The van der Waals surface area contributed by atoms with Crippen molar-refractivity contribution >= 4 is 11.8 Å². The molecule has 0 bridgehead atoms. The molecule has 0 amide bonds. The van der Waals surface area contributed by atoms with Gasteiger partial charge in [-0.05, 0) is 19.3 Å². The van der Waals surface area contributed by atoms with Gasteiger partial charge in [0.25, 0.3) is 5.56 Å². The van der Waals surface area contributed by atoms with E-state index < -0.39 is 17.1 Å². The SMILES string of the molecule is COc1c(NC2(C(=O)O)CCC2)nc[nH]c1=O. The summed E-state index contributed by atoms with van der Waals surface area (Å²) in [5.41, 5.74) is -1.46. The molecule has 7 nitrogen and oxygen atoms in total. The molecule has 1 aromatic rings. The van der Waals surface area contributed by atoms with Gasteiger partial charge in [0.05, 0.1) is 13.4 Å². The highest BCUT2D eigenvalue weighted by atomic mass is 16.5. The fraction of sp³-hybridized carbons (Fsp3) is 0.500. The van der Waals surface area contributed by atoms with Crippen LogP contribution in [0.1, 0.15) is 19.3 Å². The normalized spacial score (nSPS) is 17.0. The van der Waals surface area contributed by atoms with Gasteiger partial charge >= 0.3 is 5.97 Å². The number of aliphatic carboxylic acids is 1. The number of aromatic nitrogens is 2. The summed E-state index contributed by atoms with van der Waals surface area (Å²) < 4.78 is 4.91. The lowest BCUT2D eigenvalue weighted by molar-refractivity contribution is -0.145. The minimum atomic E-state index is -1.02. The second-order valence-electron chi connectivity index (χ2n) is 3.98. The smallest absolute Gasteiger partial charge is 0.329 e. The van der Waals surface area contributed by atoms with Gasteiger partial charge in [0.15, 0.2) is 5.82 Å². The largest absolute Gasteiger partial charge is 0.489 e. The maximum Gasteiger partial charge on any atom is 0.329 e. The summed E-state index contributed by atoms with van der Waals surface area (Å²) >= 11 is 0. The Kier molecular flexibility index (Phi) is 2.74. The van der Waals surface area contributed by atoms with Gasteiger partial charge in [0.1, 0.15) is 5.54 Å². The second kappa shape index (κ2) is 4.08. The monoisotopic (exact) mass is 239 g/mol. The predicted molar refractivity (Wildman–Crippen MR) is 59.3 cm³/mol. The topological polar surface area (TPSA) is 104 Å². The van der Waals surface area contributed by atoms with Crippen LogP contribution in [0.3, 0.4) is 0 Å². The van der Waals surface area contributed by atoms with Gasteiger partial charge in [-0.1, -0.05) is 0 Å². The van der Waals surface area contributed by atoms with E-state index in [2.05, 4.69) is 15.3 Å². The molecule has 3 N–H and O–H groups in total. The summed E-state index contributed by atoms with van der Waals surface area (Å²) in [7, 11) is 1.34. The Morgan fingerprint density at radius 2 is 2.35 bits per heavy atom. The molecule has 0 saturated heterocycles. The molecule has 1 heterocycles. The molecule has 1 aliphatic rings. The Morgan fingerprint density at radius 3 is 2.82 bits per heavy atom. The zero-order valence-corrected chi connectivity index (χ0v) is 9.32. The van der Waals surface area contributed by atoms with Gasteiger partial charge in [0.2, 0.25) is 5.75 Å². The Labute approximate surface area is 96.8 Å². The average Bonchev–Trinajstić information content (AvgIpc) is 2.23. The lowest BCUT2D eigenvalue weighted by Crippen LogP contribution is -2.52. The molecule has 0 unspecified atom stereocenters. The van der Waals surface area contributed by atoms with Gasteiger partial charge in [-0.3, -0.25) is 4.79 Å². The number of nitrogens with one attached hydrogen (secondary N) is 2. The third-order valence-electron chi connectivity index (χ3n) is 2.99. The van der Waals surface area contributed by atoms with Gasteiger partial charge in [0, 0.05) is 0 Å². The van der Waals surface area contributed by atoms with Crippen LogP contribution in [0.25, 0.3) is 0 Å². The van der Waals surface area contributed by atoms with Crippen molar-refractivity contribution in [2.24, 2.45) is 0 Å². The van der Waals surface area contributed by atoms with Crippen LogP contribution in [0.15, 0.2) is 11.1 Å². The molecule has 1 aromatic heterocycles. The number of methoxy groups -OCH3 is 1. The van der Waals surface area contributed by atoms with Crippen molar-refractivity contribution in [3.8, 4) is 5.75 Å². The number of carbonyl (C=O) groups is 1. The molecule has 1 fully saturated rings. The van der Waals surface area contributed by atoms with Crippen molar-refractivity contribution in [1.82, 2.24) is 9.97 Å². The number of rotatable bonds is 4. The summed E-state index contributed by atoms with van der Waals surface area (Å²) in [4.78, 5) is 28.9. The molecule has 2 rings (SSSR count). The first-order valence-electron chi connectivity index (χ1n) is 5.22. The summed E-state index contributed by atoms with van der Waals surface area (Å²) in [5.74, 6) is -0.772. The standard InChI is InChI=1S/C10H13N3O4/c1-17-6-7(11-5-12-8(6)14)13-10(9(15)16)3-2-4-10/h5H,2-4H2,1H3,(H,15,16)(H2,11,12,13,14). The Hall–Kier alpha value is -2.05. The van der Waals surface area contributed by atoms with E-state index in [1.807, 2.05) is 0 Å². The van der Waals surface area contributed by atoms with Crippen LogP contribution in [-0.4, -0.2) is 33.7 Å².